The van der Waals surface area contributed by atoms with Gasteiger partial charge >= 0.3 is 5.97 Å². The first-order valence-electron chi connectivity index (χ1n) is 7.61. The van der Waals surface area contributed by atoms with Gasteiger partial charge in [0, 0.05) is 23.3 Å². The first-order valence-corrected chi connectivity index (χ1v) is 7.61. The lowest BCUT2D eigenvalue weighted by atomic mass is 9.84. The maximum Gasteiger partial charge on any atom is 0.326 e. The van der Waals surface area contributed by atoms with E-state index in [0.717, 1.165) is 43.0 Å². The molecule has 0 saturated heterocycles. The molecule has 1 fully saturated rings. The molecule has 0 spiro atoms. The van der Waals surface area contributed by atoms with Crippen LogP contribution in [0.15, 0.2) is 24.5 Å². The number of carboxylic acid groups (broad SMARTS) is 1. The summed E-state index contributed by atoms with van der Waals surface area (Å²) in [4.78, 5) is 30.8. The number of nitrogens with one attached hydrogen (secondary N) is 2. The molecule has 6 nitrogen and oxygen atoms in total. The first-order chi connectivity index (χ1) is 10.6. The average Bonchev–Trinajstić information content (AvgIpc) is 2.97. The van der Waals surface area contributed by atoms with E-state index >= 15 is 0 Å². The molecular weight excluding hydrogens is 282 g/mol. The molecule has 1 aliphatic carbocycles. The number of carbonyl (C=O) groups excluding carboxylic acids is 1. The lowest BCUT2D eigenvalue weighted by molar-refractivity contribution is -0.141. The summed E-state index contributed by atoms with van der Waals surface area (Å²) in [6.45, 7) is 0. The molecule has 0 aliphatic heterocycles. The van der Waals surface area contributed by atoms with Crippen molar-refractivity contribution in [2.75, 3.05) is 0 Å². The summed E-state index contributed by atoms with van der Waals surface area (Å²) < 4.78 is 0. The summed E-state index contributed by atoms with van der Waals surface area (Å²) in [6.07, 6.45) is 8.22. The van der Waals surface area contributed by atoms with Crippen molar-refractivity contribution in [1.29, 1.82) is 0 Å². The normalized spacial score (nSPS) is 17.3. The van der Waals surface area contributed by atoms with Gasteiger partial charge < -0.3 is 15.4 Å². The summed E-state index contributed by atoms with van der Waals surface area (Å²) in [6, 6.07) is 2.65. The van der Waals surface area contributed by atoms with Gasteiger partial charge in [0.2, 0.25) is 0 Å². The molecular formula is C16H19N3O3. The van der Waals surface area contributed by atoms with Crippen molar-refractivity contribution in [2.24, 2.45) is 5.92 Å². The van der Waals surface area contributed by atoms with Gasteiger partial charge in [0.1, 0.15) is 11.7 Å². The second kappa shape index (κ2) is 6.17. The van der Waals surface area contributed by atoms with Crippen LogP contribution in [0, 0.1) is 5.92 Å². The molecule has 1 saturated carbocycles. The third-order valence-corrected chi connectivity index (χ3v) is 4.34. The van der Waals surface area contributed by atoms with E-state index in [-0.39, 0.29) is 11.8 Å². The Kier molecular flexibility index (Phi) is 4.09. The molecule has 6 heteroatoms. The summed E-state index contributed by atoms with van der Waals surface area (Å²) >= 11 is 0. The van der Waals surface area contributed by atoms with E-state index in [1.54, 1.807) is 24.5 Å². The van der Waals surface area contributed by atoms with Crippen LogP contribution in [-0.4, -0.2) is 33.0 Å². The van der Waals surface area contributed by atoms with Crippen LogP contribution in [-0.2, 0) is 4.79 Å². The fourth-order valence-electron chi connectivity index (χ4n) is 3.16. The van der Waals surface area contributed by atoms with Gasteiger partial charge in [-0.25, -0.2) is 4.79 Å². The van der Waals surface area contributed by atoms with Gasteiger partial charge in [-0.1, -0.05) is 19.3 Å². The van der Waals surface area contributed by atoms with Crippen LogP contribution in [0.5, 0.6) is 0 Å². The van der Waals surface area contributed by atoms with Crippen molar-refractivity contribution in [3.05, 3.63) is 30.2 Å². The van der Waals surface area contributed by atoms with Crippen LogP contribution in [0.25, 0.3) is 10.9 Å². The molecule has 1 aliphatic rings. The monoisotopic (exact) mass is 301 g/mol. The van der Waals surface area contributed by atoms with Crippen molar-refractivity contribution in [2.45, 2.75) is 38.1 Å². The molecule has 3 N–H and O–H groups in total. The minimum Gasteiger partial charge on any atom is -0.480 e. The van der Waals surface area contributed by atoms with E-state index in [1.807, 2.05) is 0 Å². The van der Waals surface area contributed by atoms with Crippen LogP contribution < -0.4 is 5.32 Å². The van der Waals surface area contributed by atoms with Crippen LogP contribution in [0.3, 0.4) is 0 Å². The van der Waals surface area contributed by atoms with Gasteiger partial charge in [0.15, 0.2) is 0 Å². The Morgan fingerprint density at radius 1 is 1.32 bits per heavy atom. The van der Waals surface area contributed by atoms with Crippen LogP contribution >= 0.6 is 0 Å². The van der Waals surface area contributed by atoms with Crippen LogP contribution in [0.1, 0.15) is 42.6 Å². The Morgan fingerprint density at radius 2 is 2.09 bits per heavy atom. The summed E-state index contributed by atoms with van der Waals surface area (Å²) in [5, 5.41) is 12.9. The minimum atomic E-state index is -0.960. The Balaban J connectivity index is 1.76. The number of carbonyl (C=O) groups is 2. The highest BCUT2D eigenvalue weighted by Gasteiger charge is 2.31. The van der Waals surface area contributed by atoms with E-state index in [1.165, 1.54) is 0 Å². The standard InChI is InChI=1S/C16H19N3O3/c20-15(13-8-11-9-17-7-6-12(11)18-13)19-14(16(21)22)10-4-2-1-3-5-10/h6-10,14,18H,1-5H2,(H,19,20)(H,21,22). The quantitative estimate of drug-likeness (QED) is 0.807. The summed E-state index contributed by atoms with van der Waals surface area (Å²) in [5.41, 5.74) is 1.18. The topological polar surface area (TPSA) is 95.1 Å². The minimum absolute atomic E-state index is 0.0150. The van der Waals surface area contributed by atoms with Crippen molar-refractivity contribution in [3.63, 3.8) is 0 Å². The van der Waals surface area contributed by atoms with Crippen molar-refractivity contribution in [3.8, 4) is 0 Å². The Labute approximate surface area is 127 Å². The lowest BCUT2D eigenvalue weighted by Crippen LogP contribution is -2.46. The average molecular weight is 301 g/mol. The van der Waals surface area contributed by atoms with Crippen LogP contribution in [0.2, 0.25) is 0 Å². The number of aliphatic carboxylic acids is 1. The van der Waals surface area contributed by atoms with Crippen LogP contribution in [0.4, 0.5) is 0 Å². The number of fused-ring (bicyclic) bond motifs is 1. The Morgan fingerprint density at radius 3 is 2.77 bits per heavy atom. The molecule has 3 rings (SSSR count). The summed E-state index contributed by atoms with van der Waals surface area (Å²) in [7, 11) is 0. The number of aromatic amines is 1. The van der Waals surface area contributed by atoms with Crippen molar-refractivity contribution < 1.29 is 14.7 Å². The predicted molar refractivity (Wildman–Crippen MR) is 81.6 cm³/mol. The third kappa shape index (κ3) is 2.95. The first kappa shape index (κ1) is 14.6. The Hall–Kier alpha value is -2.37. The van der Waals surface area contributed by atoms with E-state index in [0.29, 0.717) is 5.69 Å². The van der Waals surface area contributed by atoms with Gasteiger partial charge in [0.25, 0.3) is 5.91 Å². The van der Waals surface area contributed by atoms with Gasteiger partial charge in [0.05, 0.1) is 0 Å². The molecule has 116 valence electrons. The predicted octanol–water partition coefficient (Wildman–Crippen LogP) is 2.33. The third-order valence-electron chi connectivity index (χ3n) is 4.34. The number of amides is 1. The molecule has 1 amide bonds. The van der Waals surface area contributed by atoms with E-state index in [9.17, 15) is 14.7 Å². The zero-order chi connectivity index (χ0) is 15.5. The van der Waals surface area contributed by atoms with Gasteiger partial charge in [-0.3, -0.25) is 9.78 Å². The van der Waals surface area contributed by atoms with Gasteiger partial charge in [-0.2, -0.15) is 0 Å². The molecule has 1 atom stereocenters. The van der Waals surface area contributed by atoms with Gasteiger partial charge in [-0.15, -0.1) is 0 Å². The smallest absolute Gasteiger partial charge is 0.326 e. The lowest BCUT2D eigenvalue weighted by Gasteiger charge is -2.27. The maximum atomic E-state index is 12.3. The number of rotatable bonds is 4. The number of hydrogen-bond donors (Lipinski definition) is 3. The van der Waals surface area contributed by atoms with E-state index in [4.69, 9.17) is 0 Å². The largest absolute Gasteiger partial charge is 0.480 e. The number of nitrogens with zero attached hydrogens (tertiary/aromatic N) is 1. The molecule has 2 aromatic heterocycles. The number of carboxylic acids is 1. The zero-order valence-corrected chi connectivity index (χ0v) is 12.2. The molecule has 0 bridgehead atoms. The molecule has 0 radical (unpaired) electrons. The molecule has 1 unspecified atom stereocenters. The number of aromatic nitrogens is 2. The highest BCUT2D eigenvalue weighted by Crippen LogP contribution is 2.27. The zero-order valence-electron chi connectivity index (χ0n) is 12.2. The number of pyridine rings is 1. The Bertz CT molecular complexity index is 656. The second-order valence-corrected chi connectivity index (χ2v) is 5.83. The van der Waals surface area contributed by atoms with Crippen molar-refractivity contribution >= 4 is 22.8 Å². The molecule has 22 heavy (non-hydrogen) atoms. The maximum absolute atomic E-state index is 12.3. The number of H-pyrrole nitrogens is 1. The second-order valence-electron chi connectivity index (χ2n) is 5.83. The highest BCUT2D eigenvalue weighted by atomic mass is 16.4. The molecule has 2 aromatic rings. The van der Waals surface area contributed by atoms with E-state index in [2.05, 4.69) is 15.3 Å². The highest BCUT2D eigenvalue weighted by molar-refractivity contribution is 5.99. The van der Waals surface area contributed by atoms with Gasteiger partial charge in [-0.05, 0) is 30.9 Å². The van der Waals surface area contributed by atoms with E-state index < -0.39 is 12.0 Å². The summed E-state index contributed by atoms with van der Waals surface area (Å²) in [5.74, 6) is -1.33. The fourth-order valence-corrected chi connectivity index (χ4v) is 3.16. The number of hydrogen-bond acceptors (Lipinski definition) is 3. The SMILES string of the molecule is O=C(NC(C(=O)O)C1CCCCC1)c1cc2cnccc2[nH]1. The molecule has 0 aromatic carbocycles. The molecule has 2 heterocycles. The van der Waals surface area contributed by atoms with Crippen molar-refractivity contribution in [1.82, 2.24) is 15.3 Å². The fraction of sp³-hybridized carbons (Fsp3) is 0.438.